The van der Waals surface area contributed by atoms with Crippen molar-refractivity contribution >= 4 is 33.0 Å². The fourth-order valence-corrected chi connectivity index (χ4v) is 4.22. The summed E-state index contributed by atoms with van der Waals surface area (Å²) in [5.74, 6) is 0.837. The fourth-order valence-electron chi connectivity index (χ4n) is 2.62. The maximum absolute atomic E-state index is 11.6. The third kappa shape index (κ3) is 3.67. The van der Waals surface area contributed by atoms with Crippen LogP contribution in [0, 0.1) is 0 Å². The van der Waals surface area contributed by atoms with Crippen LogP contribution in [0.3, 0.4) is 0 Å². The van der Waals surface area contributed by atoms with Crippen molar-refractivity contribution in [3.63, 3.8) is 0 Å². The summed E-state index contributed by atoms with van der Waals surface area (Å²) in [4.78, 5) is 16.5. The summed E-state index contributed by atoms with van der Waals surface area (Å²) in [5.41, 5.74) is 0.275. The Kier molecular flexibility index (Phi) is 4.85. The average molecular weight is 344 g/mol. The maximum Gasteiger partial charge on any atom is 0.183 e. The van der Waals surface area contributed by atoms with Crippen LogP contribution >= 0.6 is 27.3 Å². The minimum Gasteiger partial charge on any atom is -0.298 e. The van der Waals surface area contributed by atoms with Crippen molar-refractivity contribution < 1.29 is 4.79 Å². The molecule has 0 spiro atoms. The van der Waals surface area contributed by atoms with E-state index in [-0.39, 0.29) is 11.3 Å². The molecule has 0 bridgehead atoms. The molecule has 1 saturated heterocycles. The number of alkyl halides is 1. The topological polar surface area (TPSA) is 20.3 Å². The van der Waals surface area contributed by atoms with Gasteiger partial charge in [-0.3, -0.25) is 9.69 Å². The lowest BCUT2D eigenvalue weighted by Gasteiger charge is -2.40. The van der Waals surface area contributed by atoms with Crippen molar-refractivity contribution in [2.45, 2.75) is 45.1 Å². The second-order valence-corrected chi connectivity index (χ2v) is 7.87. The molecule has 0 atom stereocenters. The molecule has 2 heterocycles. The van der Waals surface area contributed by atoms with Crippen molar-refractivity contribution in [1.82, 2.24) is 4.90 Å². The SMILES string of the molecule is CC(C)(C)N1CCC(c2ccc(C(=O)CBr)s2)CC1. The number of likely N-dealkylation sites (tertiary alicyclic amines) is 1. The zero-order valence-electron chi connectivity index (χ0n) is 11.9. The van der Waals surface area contributed by atoms with Crippen LogP contribution in [0.25, 0.3) is 0 Å². The van der Waals surface area contributed by atoms with Crippen LogP contribution in [-0.4, -0.2) is 34.6 Å². The van der Waals surface area contributed by atoms with Gasteiger partial charge < -0.3 is 0 Å². The van der Waals surface area contributed by atoms with Gasteiger partial charge in [0.15, 0.2) is 5.78 Å². The molecule has 106 valence electrons. The molecule has 0 amide bonds. The summed E-state index contributed by atoms with van der Waals surface area (Å²) in [7, 11) is 0. The molecule has 0 aromatic carbocycles. The van der Waals surface area contributed by atoms with Gasteiger partial charge in [-0.2, -0.15) is 0 Å². The monoisotopic (exact) mass is 343 g/mol. The van der Waals surface area contributed by atoms with E-state index in [4.69, 9.17) is 0 Å². The highest BCUT2D eigenvalue weighted by Gasteiger charge is 2.28. The number of carbonyl (C=O) groups is 1. The smallest absolute Gasteiger partial charge is 0.183 e. The molecule has 1 aromatic rings. The molecule has 0 saturated carbocycles. The zero-order chi connectivity index (χ0) is 14.0. The van der Waals surface area contributed by atoms with Crippen LogP contribution in [0.4, 0.5) is 0 Å². The van der Waals surface area contributed by atoms with E-state index >= 15 is 0 Å². The van der Waals surface area contributed by atoms with Crippen LogP contribution < -0.4 is 0 Å². The Morgan fingerprint density at radius 3 is 2.53 bits per heavy atom. The summed E-state index contributed by atoms with van der Waals surface area (Å²) in [6, 6.07) is 4.14. The second-order valence-electron chi connectivity index (χ2n) is 6.19. The highest BCUT2D eigenvalue weighted by Crippen LogP contribution is 2.34. The average Bonchev–Trinajstić information content (AvgIpc) is 2.86. The molecule has 0 radical (unpaired) electrons. The Morgan fingerprint density at radius 1 is 1.37 bits per heavy atom. The lowest BCUT2D eigenvalue weighted by Crippen LogP contribution is -2.45. The van der Waals surface area contributed by atoms with E-state index in [0.29, 0.717) is 11.2 Å². The molecule has 1 aliphatic rings. The van der Waals surface area contributed by atoms with E-state index in [9.17, 15) is 4.79 Å². The largest absolute Gasteiger partial charge is 0.298 e. The van der Waals surface area contributed by atoms with E-state index in [2.05, 4.69) is 47.7 Å². The minimum atomic E-state index is 0.198. The van der Waals surface area contributed by atoms with Crippen molar-refractivity contribution in [3.05, 3.63) is 21.9 Å². The number of hydrogen-bond donors (Lipinski definition) is 0. The first-order valence-corrected chi connectivity index (χ1v) is 8.79. The summed E-state index contributed by atoms with van der Waals surface area (Å²) in [6.07, 6.45) is 2.42. The summed E-state index contributed by atoms with van der Waals surface area (Å²) in [5, 5.41) is 0.426. The molecule has 4 heteroatoms. The molecule has 0 aliphatic carbocycles. The van der Waals surface area contributed by atoms with Crippen LogP contribution in [0.5, 0.6) is 0 Å². The Hall–Kier alpha value is -0.190. The molecule has 1 fully saturated rings. The molecule has 1 aliphatic heterocycles. The lowest BCUT2D eigenvalue weighted by atomic mass is 9.92. The van der Waals surface area contributed by atoms with Gasteiger partial charge in [0.05, 0.1) is 10.2 Å². The van der Waals surface area contributed by atoms with E-state index in [1.165, 1.54) is 17.7 Å². The first kappa shape index (κ1) is 15.2. The third-order valence-electron chi connectivity index (χ3n) is 3.87. The van der Waals surface area contributed by atoms with E-state index in [1.807, 2.05) is 6.07 Å². The van der Waals surface area contributed by atoms with Gasteiger partial charge in [-0.15, -0.1) is 11.3 Å². The number of carbonyl (C=O) groups excluding carboxylic acids is 1. The zero-order valence-corrected chi connectivity index (χ0v) is 14.3. The van der Waals surface area contributed by atoms with Crippen LogP contribution in [0.1, 0.15) is 54.1 Å². The molecule has 1 aromatic heterocycles. The van der Waals surface area contributed by atoms with Gasteiger partial charge in [0.2, 0.25) is 0 Å². The van der Waals surface area contributed by atoms with Gasteiger partial charge in [0.1, 0.15) is 0 Å². The van der Waals surface area contributed by atoms with Crippen LogP contribution in [0.2, 0.25) is 0 Å². The number of nitrogens with zero attached hydrogens (tertiary/aromatic N) is 1. The van der Waals surface area contributed by atoms with Gasteiger partial charge in [0.25, 0.3) is 0 Å². The molecule has 0 unspecified atom stereocenters. The van der Waals surface area contributed by atoms with E-state index in [0.717, 1.165) is 18.0 Å². The van der Waals surface area contributed by atoms with E-state index in [1.54, 1.807) is 11.3 Å². The molecule has 0 N–H and O–H groups in total. The predicted molar refractivity (Wildman–Crippen MR) is 85.7 cm³/mol. The van der Waals surface area contributed by atoms with E-state index < -0.39 is 0 Å². The molecular weight excluding hydrogens is 322 g/mol. The highest BCUT2D eigenvalue weighted by molar-refractivity contribution is 9.09. The second kappa shape index (κ2) is 6.06. The van der Waals surface area contributed by atoms with Gasteiger partial charge in [0, 0.05) is 10.4 Å². The van der Waals surface area contributed by atoms with Gasteiger partial charge in [-0.05, 0) is 64.8 Å². The van der Waals surface area contributed by atoms with Gasteiger partial charge in [-0.1, -0.05) is 15.9 Å². The Labute approximate surface area is 128 Å². The first-order chi connectivity index (χ1) is 8.91. The summed E-state index contributed by atoms with van der Waals surface area (Å²) >= 11 is 4.92. The van der Waals surface area contributed by atoms with Crippen LogP contribution in [0.15, 0.2) is 12.1 Å². The third-order valence-corrected chi connectivity index (χ3v) is 5.67. The van der Waals surface area contributed by atoms with Gasteiger partial charge in [-0.25, -0.2) is 0 Å². The van der Waals surface area contributed by atoms with Crippen molar-refractivity contribution in [1.29, 1.82) is 0 Å². The number of ketones is 1. The van der Waals surface area contributed by atoms with Crippen molar-refractivity contribution in [3.8, 4) is 0 Å². The number of halogens is 1. The number of piperidine rings is 1. The van der Waals surface area contributed by atoms with Gasteiger partial charge >= 0.3 is 0 Å². The quantitative estimate of drug-likeness (QED) is 0.602. The highest BCUT2D eigenvalue weighted by atomic mass is 79.9. The standard InChI is InChI=1S/C15H22BrNOS/c1-15(2,3)17-8-6-11(7-9-17)13-4-5-14(19-13)12(18)10-16/h4-5,11H,6-10H2,1-3H3. The summed E-state index contributed by atoms with van der Waals surface area (Å²) < 4.78 is 0. The number of thiophene rings is 1. The molecular formula is C15H22BrNOS. The fraction of sp³-hybridized carbons (Fsp3) is 0.667. The Balaban J connectivity index is 1.98. The Bertz CT molecular complexity index is 441. The molecule has 2 rings (SSSR count). The van der Waals surface area contributed by atoms with Crippen LogP contribution in [-0.2, 0) is 0 Å². The minimum absolute atomic E-state index is 0.198. The molecule has 2 nitrogen and oxygen atoms in total. The number of Topliss-reactive ketones (excluding diaryl/α,β-unsaturated/α-hetero) is 1. The number of hydrogen-bond acceptors (Lipinski definition) is 3. The molecule has 19 heavy (non-hydrogen) atoms. The normalized spacial score (nSPS) is 18.7. The number of rotatable bonds is 3. The van der Waals surface area contributed by atoms with Crippen molar-refractivity contribution in [2.75, 3.05) is 18.4 Å². The van der Waals surface area contributed by atoms with Crippen molar-refractivity contribution in [2.24, 2.45) is 0 Å². The predicted octanol–water partition coefficient (Wildman–Crippen LogP) is 4.30. The lowest BCUT2D eigenvalue weighted by molar-refractivity contribution is 0.102. The maximum atomic E-state index is 11.6. The first-order valence-electron chi connectivity index (χ1n) is 6.86. The summed E-state index contributed by atoms with van der Waals surface area (Å²) in [6.45, 7) is 9.17. The Morgan fingerprint density at radius 2 is 2.00 bits per heavy atom.